The number of nitrogens with one attached hydrogen (secondary N) is 1. The van der Waals surface area contributed by atoms with Crippen molar-refractivity contribution >= 4 is 21.8 Å². The van der Waals surface area contributed by atoms with Gasteiger partial charge in [-0.15, -0.1) is 0 Å². The van der Waals surface area contributed by atoms with E-state index in [1.807, 2.05) is 19.3 Å². The lowest BCUT2D eigenvalue weighted by molar-refractivity contribution is -0.0175. The summed E-state index contributed by atoms with van der Waals surface area (Å²) in [5, 5.41) is 2.91. The van der Waals surface area contributed by atoms with E-state index < -0.39 is 0 Å². The zero-order valence-corrected chi connectivity index (χ0v) is 12.2. The Kier molecular flexibility index (Phi) is 4.42. The lowest BCUT2D eigenvalue weighted by Gasteiger charge is -2.30. The number of amides is 1. The molecule has 1 aromatic rings. The Bertz CT molecular complexity index is 433. The number of carbonyl (C=O) groups is 1. The van der Waals surface area contributed by atoms with Crippen molar-refractivity contribution in [2.45, 2.75) is 6.10 Å². The van der Waals surface area contributed by atoms with E-state index in [-0.39, 0.29) is 12.0 Å². The Labute approximate surface area is 115 Å². The Morgan fingerprint density at radius 1 is 1.61 bits per heavy atom. The SMILES string of the molecule is CN1CCOC(CNC(=O)c2cc(Br)cn2C)C1. The molecule has 1 saturated heterocycles. The average Bonchev–Trinajstić information content (AvgIpc) is 2.66. The van der Waals surface area contributed by atoms with Gasteiger partial charge in [0.2, 0.25) is 0 Å². The van der Waals surface area contributed by atoms with Crippen molar-refractivity contribution < 1.29 is 9.53 Å². The van der Waals surface area contributed by atoms with Crippen molar-refractivity contribution in [2.75, 3.05) is 33.3 Å². The minimum absolute atomic E-state index is 0.0694. The summed E-state index contributed by atoms with van der Waals surface area (Å²) in [6.07, 6.45) is 1.94. The van der Waals surface area contributed by atoms with Gasteiger partial charge >= 0.3 is 0 Å². The van der Waals surface area contributed by atoms with E-state index >= 15 is 0 Å². The fraction of sp³-hybridized carbons (Fsp3) is 0.583. The second-order valence-corrected chi connectivity index (χ2v) is 5.54. The van der Waals surface area contributed by atoms with Crippen LogP contribution >= 0.6 is 15.9 Å². The maximum atomic E-state index is 12.0. The highest BCUT2D eigenvalue weighted by Gasteiger charge is 2.19. The standard InChI is InChI=1S/C12H18BrN3O2/c1-15-3-4-18-10(8-15)6-14-12(17)11-5-9(13)7-16(11)2/h5,7,10H,3-4,6,8H2,1-2H3,(H,14,17). The van der Waals surface area contributed by atoms with Crippen molar-refractivity contribution in [3.05, 3.63) is 22.4 Å². The van der Waals surface area contributed by atoms with Gasteiger partial charge in [0, 0.05) is 37.4 Å². The van der Waals surface area contributed by atoms with Crippen molar-refractivity contribution in [1.82, 2.24) is 14.8 Å². The molecular formula is C12H18BrN3O2. The number of hydrogen-bond donors (Lipinski definition) is 1. The molecule has 2 heterocycles. The van der Waals surface area contributed by atoms with Crippen LogP contribution in [0.5, 0.6) is 0 Å². The molecule has 0 bridgehead atoms. The number of ether oxygens (including phenoxy) is 1. The van der Waals surface area contributed by atoms with Gasteiger partial charge in [-0.25, -0.2) is 0 Å². The minimum atomic E-state index is -0.0694. The van der Waals surface area contributed by atoms with Crippen LogP contribution in [0.25, 0.3) is 0 Å². The highest BCUT2D eigenvalue weighted by atomic mass is 79.9. The summed E-state index contributed by atoms with van der Waals surface area (Å²) >= 11 is 3.35. The molecule has 1 fully saturated rings. The number of likely N-dealkylation sites (N-methyl/N-ethyl adjacent to an activating group) is 1. The van der Waals surface area contributed by atoms with Crippen LogP contribution in [0.3, 0.4) is 0 Å². The van der Waals surface area contributed by atoms with Crippen LogP contribution in [0.15, 0.2) is 16.7 Å². The first kappa shape index (κ1) is 13.6. The molecule has 5 nitrogen and oxygen atoms in total. The van der Waals surface area contributed by atoms with Crippen LogP contribution in [-0.2, 0) is 11.8 Å². The summed E-state index contributed by atoms with van der Waals surface area (Å²) in [5.74, 6) is -0.0694. The molecule has 1 aliphatic rings. The van der Waals surface area contributed by atoms with Gasteiger partial charge in [0.1, 0.15) is 5.69 Å². The second kappa shape index (κ2) is 5.86. The number of nitrogens with zero attached hydrogens (tertiary/aromatic N) is 2. The van der Waals surface area contributed by atoms with Crippen molar-refractivity contribution in [3.8, 4) is 0 Å². The largest absolute Gasteiger partial charge is 0.374 e. The smallest absolute Gasteiger partial charge is 0.268 e. The van der Waals surface area contributed by atoms with Crippen LogP contribution in [0.1, 0.15) is 10.5 Å². The number of aromatic nitrogens is 1. The fourth-order valence-corrected chi connectivity index (χ4v) is 2.56. The molecular weight excluding hydrogens is 298 g/mol. The lowest BCUT2D eigenvalue weighted by atomic mass is 10.2. The van der Waals surface area contributed by atoms with E-state index in [0.29, 0.717) is 12.2 Å². The molecule has 2 rings (SSSR count). The summed E-state index contributed by atoms with van der Waals surface area (Å²) in [7, 11) is 3.91. The van der Waals surface area contributed by atoms with E-state index in [2.05, 4.69) is 33.2 Å². The zero-order valence-electron chi connectivity index (χ0n) is 10.6. The molecule has 1 aromatic heterocycles. The molecule has 6 heteroatoms. The monoisotopic (exact) mass is 315 g/mol. The van der Waals surface area contributed by atoms with E-state index in [9.17, 15) is 4.79 Å². The normalized spacial score (nSPS) is 20.9. The number of halogens is 1. The molecule has 0 aromatic carbocycles. The Hall–Kier alpha value is -0.850. The first-order valence-electron chi connectivity index (χ1n) is 5.96. The van der Waals surface area contributed by atoms with Crippen LogP contribution in [0.4, 0.5) is 0 Å². The summed E-state index contributed by atoms with van der Waals surface area (Å²) in [6, 6.07) is 1.81. The van der Waals surface area contributed by atoms with Crippen molar-refractivity contribution in [3.63, 3.8) is 0 Å². The van der Waals surface area contributed by atoms with Crippen molar-refractivity contribution in [1.29, 1.82) is 0 Å². The first-order chi connectivity index (χ1) is 8.56. The third-order valence-corrected chi connectivity index (χ3v) is 3.47. The third kappa shape index (κ3) is 3.34. The van der Waals surface area contributed by atoms with Gasteiger partial charge in [-0.05, 0) is 29.0 Å². The molecule has 1 aliphatic heterocycles. The number of hydrogen-bond acceptors (Lipinski definition) is 3. The Morgan fingerprint density at radius 2 is 2.39 bits per heavy atom. The van der Waals surface area contributed by atoms with Crippen LogP contribution in [0.2, 0.25) is 0 Å². The molecule has 0 radical (unpaired) electrons. The highest BCUT2D eigenvalue weighted by molar-refractivity contribution is 9.10. The van der Waals surface area contributed by atoms with Crippen LogP contribution in [-0.4, -0.2) is 54.8 Å². The van der Waals surface area contributed by atoms with Gasteiger partial charge in [0.15, 0.2) is 0 Å². The van der Waals surface area contributed by atoms with Crippen LogP contribution < -0.4 is 5.32 Å². The summed E-state index contributed by atoms with van der Waals surface area (Å²) < 4.78 is 8.30. The summed E-state index contributed by atoms with van der Waals surface area (Å²) in [6.45, 7) is 3.09. The number of rotatable bonds is 3. The maximum absolute atomic E-state index is 12.0. The Morgan fingerprint density at radius 3 is 3.00 bits per heavy atom. The molecule has 1 amide bonds. The molecule has 1 atom stereocenters. The van der Waals surface area contributed by atoms with Gasteiger partial charge in [0.25, 0.3) is 5.91 Å². The van der Waals surface area contributed by atoms with Gasteiger partial charge in [-0.2, -0.15) is 0 Å². The van der Waals surface area contributed by atoms with Gasteiger partial charge in [-0.3, -0.25) is 4.79 Å². The molecule has 1 N–H and O–H groups in total. The molecule has 18 heavy (non-hydrogen) atoms. The summed E-state index contributed by atoms with van der Waals surface area (Å²) in [4.78, 5) is 14.2. The fourth-order valence-electron chi connectivity index (χ4n) is 2.04. The maximum Gasteiger partial charge on any atom is 0.268 e. The number of carbonyl (C=O) groups excluding carboxylic acids is 1. The van der Waals surface area contributed by atoms with E-state index in [1.165, 1.54) is 0 Å². The lowest BCUT2D eigenvalue weighted by Crippen LogP contribution is -2.46. The molecule has 0 saturated carbocycles. The average molecular weight is 316 g/mol. The van der Waals surface area contributed by atoms with Crippen LogP contribution in [0, 0.1) is 0 Å². The number of morpholine rings is 1. The zero-order chi connectivity index (χ0) is 13.1. The molecule has 0 spiro atoms. The molecule has 1 unspecified atom stereocenters. The minimum Gasteiger partial charge on any atom is -0.374 e. The highest BCUT2D eigenvalue weighted by Crippen LogP contribution is 2.13. The molecule has 100 valence electrons. The first-order valence-corrected chi connectivity index (χ1v) is 6.76. The third-order valence-electron chi connectivity index (χ3n) is 3.04. The quantitative estimate of drug-likeness (QED) is 0.899. The van der Waals surface area contributed by atoms with Gasteiger partial charge in [-0.1, -0.05) is 0 Å². The second-order valence-electron chi connectivity index (χ2n) is 4.62. The topological polar surface area (TPSA) is 46.5 Å². The predicted octanol–water partition coefficient (Wildman–Crippen LogP) is 0.848. The summed E-state index contributed by atoms with van der Waals surface area (Å²) in [5.41, 5.74) is 0.644. The van der Waals surface area contributed by atoms with Gasteiger partial charge < -0.3 is 19.5 Å². The molecule has 0 aliphatic carbocycles. The van der Waals surface area contributed by atoms with Crippen molar-refractivity contribution in [2.24, 2.45) is 7.05 Å². The van der Waals surface area contributed by atoms with E-state index in [0.717, 1.165) is 24.2 Å². The van der Waals surface area contributed by atoms with E-state index in [4.69, 9.17) is 4.74 Å². The van der Waals surface area contributed by atoms with E-state index in [1.54, 1.807) is 4.57 Å². The Balaban J connectivity index is 1.86. The predicted molar refractivity (Wildman–Crippen MR) is 72.7 cm³/mol. The van der Waals surface area contributed by atoms with Gasteiger partial charge in [0.05, 0.1) is 12.7 Å². The number of aryl methyl sites for hydroxylation is 1.